The molecule has 0 spiro atoms. The summed E-state index contributed by atoms with van der Waals surface area (Å²) in [6.07, 6.45) is 1.83. The summed E-state index contributed by atoms with van der Waals surface area (Å²) < 4.78 is 21.9. The van der Waals surface area contributed by atoms with Crippen LogP contribution in [0.2, 0.25) is 0 Å². The lowest BCUT2D eigenvalue weighted by molar-refractivity contribution is 0.0600. The lowest BCUT2D eigenvalue weighted by atomic mass is 10.0. The molecule has 0 saturated carbocycles. The van der Waals surface area contributed by atoms with Crippen molar-refractivity contribution >= 4 is 11.9 Å². The van der Waals surface area contributed by atoms with Crippen LogP contribution in [0.1, 0.15) is 66.8 Å². The second-order valence-corrected chi connectivity index (χ2v) is 9.61. The molecule has 1 N–H and O–H groups in total. The van der Waals surface area contributed by atoms with Crippen LogP contribution in [0.25, 0.3) is 0 Å². The van der Waals surface area contributed by atoms with Gasteiger partial charge in [-0.25, -0.2) is 4.79 Å². The number of nitrogens with zero attached hydrogens (tertiary/aromatic N) is 1. The SMILES string of the molecule is COC(=O)c1cc(OC)cc(C(=O)NC2CCN(Cc3cc(OC(C)C)cc(OC(C)C)c3)CC2)c1. The molecular weight excluding hydrogens is 460 g/mol. The predicted molar refractivity (Wildman–Crippen MR) is 138 cm³/mol. The number of likely N-dealkylation sites (tertiary alicyclic amines) is 1. The first-order valence-corrected chi connectivity index (χ1v) is 12.4. The Morgan fingerprint density at radius 1 is 0.861 bits per heavy atom. The number of methoxy groups -OCH3 is 2. The highest BCUT2D eigenvalue weighted by Gasteiger charge is 2.23. The average Bonchev–Trinajstić information content (AvgIpc) is 2.83. The van der Waals surface area contributed by atoms with Crippen LogP contribution in [0.15, 0.2) is 36.4 Å². The van der Waals surface area contributed by atoms with E-state index in [2.05, 4.69) is 22.3 Å². The highest BCUT2D eigenvalue weighted by molar-refractivity contribution is 5.98. The number of benzene rings is 2. The predicted octanol–water partition coefficient (Wildman–Crippen LogP) is 4.45. The second-order valence-electron chi connectivity index (χ2n) is 9.61. The van der Waals surface area contributed by atoms with Crippen molar-refractivity contribution in [2.24, 2.45) is 0 Å². The third-order valence-electron chi connectivity index (χ3n) is 5.84. The normalized spacial score (nSPS) is 14.6. The van der Waals surface area contributed by atoms with Crippen molar-refractivity contribution in [1.29, 1.82) is 0 Å². The average molecular weight is 499 g/mol. The Morgan fingerprint density at radius 2 is 1.44 bits per heavy atom. The van der Waals surface area contributed by atoms with Crippen molar-refractivity contribution in [3.05, 3.63) is 53.1 Å². The standard InChI is InChI=1S/C28H38N2O6/c1-18(2)35-25-11-20(12-26(16-25)36-19(3)4)17-30-9-7-23(8-10-30)29-27(31)21-13-22(28(32)34-6)15-24(14-21)33-5/h11-16,18-19,23H,7-10,17H2,1-6H3,(H,29,31). The van der Waals surface area contributed by atoms with Gasteiger partial charge in [0.05, 0.1) is 32.0 Å². The second kappa shape index (κ2) is 12.6. The summed E-state index contributed by atoms with van der Waals surface area (Å²) in [5.41, 5.74) is 1.79. The minimum absolute atomic E-state index is 0.0528. The number of esters is 1. The number of hydrogen-bond donors (Lipinski definition) is 1. The first-order chi connectivity index (χ1) is 17.2. The van der Waals surface area contributed by atoms with Crippen LogP contribution in [0.5, 0.6) is 17.2 Å². The molecule has 1 saturated heterocycles. The van der Waals surface area contributed by atoms with E-state index in [-0.39, 0.29) is 29.7 Å². The van der Waals surface area contributed by atoms with E-state index in [9.17, 15) is 9.59 Å². The van der Waals surface area contributed by atoms with Crippen molar-refractivity contribution < 1.29 is 28.5 Å². The van der Waals surface area contributed by atoms with E-state index in [0.717, 1.165) is 49.5 Å². The number of rotatable bonds is 10. The molecule has 2 aromatic rings. The van der Waals surface area contributed by atoms with Crippen molar-refractivity contribution in [2.75, 3.05) is 27.3 Å². The Kier molecular flexibility index (Phi) is 9.58. The molecule has 0 atom stereocenters. The number of hydrogen-bond acceptors (Lipinski definition) is 7. The topological polar surface area (TPSA) is 86.3 Å². The van der Waals surface area contributed by atoms with Gasteiger partial charge in [0.1, 0.15) is 17.2 Å². The third-order valence-corrected chi connectivity index (χ3v) is 5.84. The van der Waals surface area contributed by atoms with Gasteiger partial charge < -0.3 is 24.3 Å². The molecule has 3 rings (SSSR count). The van der Waals surface area contributed by atoms with Crippen molar-refractivity contribution in [1.82, 2.24) is 10.2 Å². The number of piperidine rings is 1. The molecule has 0 aliphatic carbocycles. The van der Waals surface area contributed by atoms with Crippen LogP contribution in [-0.4, -0.2) is 62.3 Å². The van der Waals surface area contributed by atoms with Gasteiger partial charge in [0.25, 0.3) is 5.91 Å². The van der Waals surface area contributed by atoms with Crippen LogP contribution in [0.4, 0.5) is 0 Å². The van der Waals surface area contributed by atoms with Gasteiger partial charge in [-0.2, -0.15) is 0 Å². The summed E-state index contributed by atoms with van der Waals surface area (Å²) in [5.74, 6) is 1.31. The van der Waals surface area contributed by atoms with E-state index in [0.29, 0.717) is 11.3 Å². The molecule has 1 aliphatic rings. The highest BCUT2D eigenvalue weighted by Crippen LogP contribution is 2.27. The third kappa shape index (κ3) is 7.88. The molecule has 0 bridgehead atoms. The van der Waals surface area contributed by atoms with Crippen LogP contribution in [-0.2, 0) is 11.3 Å². The summed E-state index contributed by atoms with van der Waals surface area (Å²) in [4.78, 5) is 27.2. The molecule has 36 heavy (non-hydrogen) atoms. The Morgan fingerprint density at radius 3 is 1.97 bits per heavy atom. The van der Waals surface area contributed by atoms with Crippen LogP contribution >= 0.6 is 0 Å². The molecule has 196 valence electrons. The minimum atomic E-state index is -0.513. The maximum absolute atomic E-state index is 12.9. The quantitative estimate of drug-likeness (QED) is 0.484. The van der Waals surface area contributed by atoms with Gasteiger partial charge in [0, 0.05) is 37.3 Å². The molecule has 0 radical (unpaired) electrons. The van der Waals surface area contributed by atoms with E-state index < -0.39 is 5.97 Å². The summed E-state index contributed by atoms with van der Waals surface area (Å²) in [5, 5.41) is 3.10. The zero-order valence-electron chi connectivity index (χ0n) is 22.1. The smallest absolute Gasteiger partial charge is 0.338 e. The molecular formula is C28H38N2O6. The fourth-order valence-electron chi connectivity index (χ4n) is 4.25. The van der Waals surface area contributed by atoms with E-state index >= 15 is 0 Å². The monoisotopic (exact) mass is 498 g/mol. The summed E-state index contributed by atoms with van der Waals surface area (Å²) in [6, 6.07) is 10.8. The van der Waals surface area contributed by atoms with E-state index in [1.54, 1.807) is 12.1 Å². The molecule has 1 amide bonds. The van der Waals surface area contributed by atoms with Gasteiger partial charge in [-0.15, -0.1) is 0 Å². The lowest BCUT2D eigenvalue weighted by Gasteiger charge is -2.32. The molecule has 0 unspecified atom stereocenters. The molecule has 0 aromatic heterocycles. The highest BCUT2D eigenvalue weighted by atomic mass is 16.5. The fourth-order valence-corrected chi connectivity index (χ4v) is 4.25. The molecule has 8 heteroatoms. The molecule has 2 aromatic carbocycles. The molecule has 1 heterocycles. The maximum Gasteiger partial charge on any atom is 0.338 e. The summed E-state index contributed by atoms with van der Waals surface area (Å²) >= 11 is 0. The van der Waals surface area contributed by atoms with Gasteiger partial charge in [-0.05, 0) is 76.4 Å². The summed E-state index contributed by atoms with van der Waals surface area (Å²) in [7, 11) is 2.80. The fraction of sp³-hybridized carbons (Fsp3) is 0.500. The number of amides is 1. The van der Waals surface area contributed by atoms with Gasteiger partial charge >= 0.3 is 5.97 Å². The Labute approximate surface area is 213 Å². The number of carbonyl (C=O) groups excluding carboxylic acids is 2. The summed E-state index contributed by atoms with van der Waals surface area (Å²) in [6.45, 7) is 10.5. The van der Waals surface area contributed by atoms with E-state index in [4.69, 9.17) is 18.9 Å². The largest absolute Gasteiger partial charge is 0.497 e. The van der Waals surface area contributed by atoms with Gasteiger partial charge in [0.2, 0.25) is 0 Å². The Balaban J connectivity index is 1.60. The van der Waals surface area contributed by atoms with Crippen molar-refractivity contribution in [3.8, 4) is 17.2 Å². The Hall–Kier alpha value is -3.26. The molecule has 1 aliphatic heterocycles. The molecule has 1 fully saturated rings. The van der Waals surface area contributed by atoms with Crippen LogP contribution in [0, 0.1) is 0 Å². The number of ether oxygens (including phenoxy) is 4. The maximum atomic E-state index is 12.9. The van der Waals surface area contributed by atoms with E-state index in [1.807, 2.05) is 33.8 Å². The van der Waals surface area contributed by atoms with Crippen LogP contribution < -0.4 is 19.5 Å². The number of carbonyl (C=O) groups is 2. The van der Waals surface area contributed by atoms with Gasteiger partial charge in [-0.3, -0.25) is 9.69 Å². The first kappa shape index (κ1) is 27.3. The number of nitrogens with one attached hydrogen (secondary N) is 1. The van der Waals surface area contributed by atoms with Gasteiger partial charge in [-0.1, -0.05) is 0 Å². The van der Waals surface area contributed by atoms with E-state index in [1.165, 1.54) is 20.3 Å². The van der Waals surface area contributed by atoms with Crippen LogP contribution in [0.3, 0.4) is 0 Å². The molecule has 8 nitrogen and oxygen atoms in total. The zero-order valence-corrected chi connectivity index (χ0v) is 22.1. The first-order valence-electron chi connectivity index (χ1n) is 12.4. The van der Waals surface area contributed by atoms with Crippen molar-refractivity contribution in [3.63, 3.8) is 0 Å². The Bertz CT molecular complexity index is 1020. The van der Waals surface area contributed by atoms with Crippen molar-refractivity contribution in [2.45, 2.75) is 65.3 Å². The van der Waals surface area contributed by atoms with Gasteiger partial charge in [0.15, 0.2) is 0 Å². The zero-order chi connectivity index (χ0) is 26.2. The minimum Gasteiger partial charge on any atom is -0.497 e. The lowest BCUT2D eigenvalue weighted by Crippen LogP contribution is -2.44.